The van der Waals surface area contributed by atoms with Gasteiger partial charge < -0.3 is 0 Å². The Hall–Kier alpha value is -0.870. The Morgan fingerprint density at radius 2 is 1.70 bits per heavy atom. The Bertz CT molecular complexity index is 434. The second-order valence-corrected chi connectivity index (χ2v) is 6.27. The summed E-state index contributed by atoms with van der Waals surface area (Å²) in [5.74, 6) is 0. The van der Waals surface area contributed by atoms with Crippen LogP contribution in [0.25, 0.3) is 0 Å². The van der Waals surface area contributed by atoms with E-state index in [0.29, 0.717) is 6.54 Å². The van der Waals surface area contributed by atoms with E-state index in [2.05, 4.69) is 6.92 Å². The van der Waals surface area contributed by atoms with E-state index in [1.165, 1.54) is 31.2 Å². The highest BCUT2D eigenvalue weighted by Gasteiger charge is 2.12. The van der Waals surface area contributed by atoms with Gasteiger partial charge in [-0.2, -0.15) is 0 Å². The fourth-order valence-electron chi connectivity index (χ4n) is 2.21. The molecule has 1 atom stereocenters. The van der Waals surface area contributed by atoms with E-state index in [9.17, 15) is 8.76 Å². The molecule has 1 rings (SSSR count). The van der Waals surface area contributed by atoms with Gasteiger partial charge in [-0.1, -0.05) is 45.1 Å². The maximum Gasteiger partial charge on any atom is 0.261 e. The van der Waals surface area contributed by atoms with Crippen molar-refractivity contribution in [3.8, 4) is 0 Å². The molecule has 0 spiro atoms. The lowest BCUT2D eigenvalue weighted by Gasteiger charge is -2.20. The van der Waals surface area contributed by atoms with Crippen molar-refractivity contribution in [2.75, 3.05) is 10.8 Å². The van der Waals surface area contributed by atoms with Crippen molar-refractivity contribution in [2.45, 2.75) is 59.3 Å². The average molecular weight is 297 g/mol. The summed E-state index contributed by atoms with van der Waals surface area (Å²) in [6.45, 7) is 6.92. The Labute approximate surface area is 125 Å². The SMILES string of the molecule is CCCCCCCCN(c1ccc(C)c(C)c1)S(=O)O. The van der Waals surface area contributed by atoms with Crippen molar-refractivity contribution in [1.82, 2.24) is 0 Å². The molecule has 114 valence electrons. The van der Waals surface area contributed by atoms with Crippen molar-refractivity contribution in [2.24, 2.45) is 0 Å². The molecule has 1 unspecified atom stereocenters. The topological polar surface area (TPSA) is 40.5 Å². The van der Waals surface area contributed by atoms with Crippen LogP contribution in [0.2, 0.25) is 0 Å². The first kappa shape index (κ1) is 17.2. The zero-order valence-corrected chi connectivity index (χ0v) is 13.7. The average Bonchev–Trinajstić information content (AvgIpc) is 2.41. The molecule has 0 saturated carbocycles. The summed E-state index contributed by atoms with van der Waals surface area (Å²) in [5.41, 5.74) is 3.19. The minimum atomic E-state index is -1.94. The second kappa shape index (κ2) is 9.14. The molecule has 0 aromatic heterocycles. The first-order chi connectivity index (χ1) is 9.56. The van der Waals surface area contributed by atoms with Gasteiger partial charge in [0.2, 0.25) is 0 Å². The first-order valence-electron chi connectivity index (χ1n) is 7.52. The van der Waals surface area contributed by atoms with Gasteiger partial charge in [-0.15, -0.1) is 0 Å². The van der Waals surface area contributed by atoms with Crippen LogP contribution in [-0.4, -0.2) is 15.3 Å². The predicted molar refractivity (Wildman–Crippen MR) is 87.4 cm³/mol. The molecule has 0 amide bonds. The number of hydrogen-bond acceptors (Lipinski definition) is 1. The standard InChI is InChI=1S/C16H27NO2S/c1-4-5-6-7-8-9-12-17(20(18)19)16-11-10-14(2)15(3)13-16/h10-11,13H,4-9,12H2,1-3H3,(H,18,19). The molecule has 0 heterocycles. The van der Waals surface area contributed by atoms with Crippen molar-refractivity contribution in [3.63, 3.8) is 0 Å². The van der Waals surface area contributed by atoms with Crippen LogP contribution in [0.3, 0.4) is 0 Å². The Balaban J connectivity index is 2.52. The van der Waals surface area contributed by atoms with Crippen LogP contribution in [0.1, 0.15) is 56.6 Å². The number of benzene rings is 1. The third-order valence-corrected chi connectivity index (χ3v) is 4.45. The monoisotopic (exact) mass is 297 g/mol. The van der Waals surface area contributed by atoms with Gasteiger partial charge in [-0.25, -0.2) is 4.21 Å². The summed E-state index contributed by atoms with van der Waals surface area (Å²) in [6.07, 6.45) is 7.10. The van der Waals surface area contributed by atoms with Crippen molar-refractivity contribution in [1.29, 1.82) is 0 Å². The van der Waals surface area contributed by atoms with Crippen molar-refractivity contribution in [3.05, 3.63) is 29.3 Å². The Morgan fingerprint density at radius 1 is 1.05 bits per heavy atom. The molecule has 0 aliphatic carbocycles. The first-order valence-corrected chi connectivity index (χ1v) is 8.58. The number of rotatable bonds is 9. The van der Waals surface area contributed by atoms with E-state index < -0.39 is 11.3 Å². The number of nitrogens with zero attached hydrogens (tertiary/aromatic N) is 1. The lowest BCUT2D eigenvalue weighted by atomic mass is 10.1. The maximum atomic E-state index is 11.5. The molecule has 3 nitrogen and oxygen atoms in total. The molecule has 0 bridgehead atoms. The molecule has 1 N–H and O–H groups in total. The summed E-state index contributed by atoms with van der Waals surface area (Å²) >= 11 is -1.94. The van der Waals surface area contributed by atoms with Gasteiger partial charge in [0.15, 0.2) is 0 Å². The molecule has 4 heteroatoms. The summed E-state index contributed by atoms with van der Waals surface area (Å²) in [5, 5.41) is 0. The molecule has 0 radical (unpaired) electrons. The van der Waals surface area contributed by atoms with Crippen molar-refractivity contribution < 1.29 is 8.76 Å². The van der Waals surface area contributed by atoms with Crippen LogP contribution in [0, 0.1) is 13.8 Å². The normalized spacial score (nSPS) is 12.4. The Morgan fingerprint density at radius 3 is 2.30 bits per heavy atom. The van der Waals surface area contributed by atoms with Gasteiger partial charge in [0.05, 0.1) is 5.69 Å². The van der Waals surface area contributed by atoms with Gasteiger partial charge in [-0.05, 0) is 43.5 Å². The summed E-state index contributed by atoms with van der Waals surface area (Å²) < 4.78 is 22.5. The van der Waals surface area contributed by atoms with Crippen LogP contribution in [0.15, 0.2) is 18.2 Å². The highest BCUT2D eigenvalue weighted by atomic mass is 32.2. The highest BCUT2D eigenvalue weighted by molar-refractivity contribution is 7.80. The lowest BCUT2D eigenvalue weighted by Crippen LogP contribution is -2.26. The molecule has 1 aromatic rings. The molecular weight excluding hydrogens is 270 g/mol. The Kier molecular flexibility index (Phi) is 7.85. The van der Waals surface area contributed by atoms with E-state index in [-0.39, 0.29) is 0 Å². The molecule has 0 aliphatic heterocycles. The second-order valence-electron chi connectivity index (χ2n) is 5.37. The minimum Gasteiger partial charge on any atom is -0.289 e. The molecule has 0 fully saturated rings. The van der Waals surface area contributed by atoms with Gasteiger partial charge >= 0.3 is 0 Å². The minimum absolute atomic E-state index is 0.637. The van der Waals surface area contributed by atoms with E-state index in [4.69, 9.17) is 0 Å². The predicted octanol–water partition coefficient (Wildman–Crippen LogP) is 4.61. The summed E-state index contributed by atoms with van der Waals surface area (Å²) in [4.78, 5) is 0. The number of anilines is 1. The lowest BCUT2D eigenvalue weighted by molar-refractivity contribution is 0.553. The van der Waals surface area contributed by atoms with E-state index in [1.54, 1.807) is 4.31 Å². The van der Waals surface area contributed by atoms with Crippen LogP contribution in [0.5, 0.6) is 0 Å². The highest BCUT2D eigenvalue weighted by Crippen LogP contribution is 2.20. The molecular formula is C16H27NO2S. The molecule has 0 saturated heterocycles. The molecule has 20 heavy (non-hydrogen) atoms. The van der Waals surface area contributed by atoms with Gasteiger partial charge in [-0.3, -0.25) is 8.86 Å². The van der Waals surface area contributed by atoms with Crippen LogP contribution in [0.4, 0.5) is 5.69 Å². The zero-order chi connectivity index (χ0) is 15.0. The smallest absolute Gasteiger partial charge is 0.261 e. The number of aryl methyl sites for hydroxylation is 2. The molecule has 0 aliphatic rings. The summed E-state index contributed by atoms with van der Waals surface area (Å²) in [6, 6.07) is 5.92. The quantitative estimate of drug-likeness (QED) is 0.534. The van der Waals surface area contributed by atoms with E-state index in [1.807, 2.05) is 32.0 Å². The van der Waals surface area contributed by atoms with Crippen LogP contribution < -0.4 is 4.31 Å². The van der Waals surface area contributed by atoms with Crippen LogP contribution >= 0.6 is 0 Å². The zero-order valence-electron chi connectivity index (χ0n) is 12.9. The maximum absolute atomic E-state index is 11.5. The largest absolute Gasteiger partial charge is 0.289 e. The van der Waals surface area contributed by atoms with Gasteiger partial charge in [0, 0.05) is 6.54 Å². The van der Waals surface area contributed by atoms with E-state index in [0.717, 1.165) is 24.1 Å². The third kappa shape index (κ3) is 5.63. The fourth-order valence-corrected chi connectivity index (χ4v) is 2.79. The van der Waals surface area contributed by atoms with Gasteiger partial charge in [0.1, 0.15) is 0 Å². The molecule has 1 aromatic carbocycles. The van der Waals surface area contributed by atoms with E-state index >= 15 is 0 Å². The van der Waals surface area contributed by atoms with Crippen molar-refractivity contribution >= 4 is 17.0 Å². The summed E-state index contributed by atoms with van der Waals surface area (Å²) in [7, 11) is 0. The fraction of sp³-hybridized carbons (Fsp3) is 0.625. The number of hydrogen-bond donors (Lipinski definition) is 1. The number of unbranched alkanes of at least 4 members (excludes halogenated alkanes) is 5. The third-order valence-electron chi connectivity index (χ3n) is 3.68. The van der Waals surface area contributed by atoms with Crippen LogP contribution in [-0.2, 0) is 11.3 Å². The van der Waals surface area contributed by atoms with Gasteiger partial charge in [0.25, 0.3) is 11.3 Å².